The zero-order valence-corrected chi connectivity index (χ0v) is 11.3. The van der Waals surface area contributed by atoms with Gasteiger partial charge in [0.1, 0.15) is 0 Å². The topological polar surface area (TPSA) is 20.2 Å². The van der Waals surface area contributed by atoms with E-state index in [4.69, 9.17) is 5.11 Å². The molecule has 98 valence electrons. The Kier molecular flexibility index (Phi) is 14.4. The molecule has 0 radical (unpaired) electrons. The van der Waals surface area contributed by atoms with Crippen molar-refractivity contribution in [1.29, 1.82) is 0 Å². The van der Waals surface area contributed by atoms with Crippen LogP contribution in [-0.4, -0.2) is 11.7 Å². The van der Waals surface area contributed by atoms with Gasteiger partial charge in [-0.25, -0.2) is 0 Å². The molecule has 0 atom stereocenters. The molecule has 0 aliphatic carbocycles. The zero-order valence-electron chi connectivity index (χ0n) is 11.3. The van der Waals surface area contributed by atoms with Crippen LogP contribution in [0.25, 0.3) is 0 Å². The van der Waals surface area contributed by atoms with Gasteiger partial charge in [-0.15, -0.1) is 0 Å². The smallest absolute Gasteiger partial charge is 0.0433 e. The van der Waals surface area contributed by atoms with Crippen molar-refractivity contribution < 1.29 is 5.11 Å². The first kappa shape index (κ1) is 16.2. The number of allylic oxidation sites excluding steroid dienone is 6. The van der Waals surface area contributed by atoms with Gasteiger partial charge in [0, 0.05) is 6.61 Å². The van der Waals surface area contributed by atoms with E-state index < -0.39 is 0 Å². The average Bonchev–Trinajstić information content (AvgIpc) is 2.35. The van der Waals surface area contributed by atoms with Crippen molar-refractivity contribution in [2.45, 2.75) is 58.3 Å². The van der Waals surface area contributed by atoms with E-state index in [-0.39, 0.29) is 0 Å². The van der Waals surface area contributed by atoms with Crippen molar-refractivity contribution >= 4 is 0 Å². The number of unbranched alkanes of at least 4 members (excludes halogenated alkanes) is 5. The van der Waals surface area contributed by atoms with Gasteiger partial charge >= 0.3 is 0 Å². The van der Waals surface area contributed by atoms with Gasteiger partial charge in [0.05, 0.1) is 0 Å². The Balaban J connectivity index is 3.24. The Morgan fingerprint density at radius 1 is 0.706 bits per heavy atom. The maximum absolute atomic E-state index is 8.59. The normalized spacial score (nSPS) is 12.4. The highest BCUT2D eigenvalue weighted by molar-refractivity contribution is 5.02. The highest BCUT2D eigenvalue weighted by Crippen LogP contribution is 2.01. The minimum absolute atomic E-state index is 0.290. The molecule has 1 nitrogen and oxygen atoms in total. The van der Waals surface area contributed by atoms with Gasteiger partial charge < -0.3 is 5.11 Å². The fraction of sp³-hybridized carbons (Fsp3) is 0.625. The van der Waals surface area contributed by atoms with Crippen LogP contribution in [0.3, 0.4) is 0 Å². The molecule has 0 aromatic rings. The number of hydrogen-bond acceptors (Lipinski definition) is 1. The number of aliphatic hydroxyl groups is 1. The minimum Gasteiger partial charge on any atom is -0.396 e. The molecule has 0 saturated heterocycles. The molecule has 0 saturated carbocycles. The van der Waals surface area contributed by atoms with Gasteiger partial charge in [0.2, 0.25) is 0 Å². The average molecular weight is 236 g/mol. The Labute approximate surface area is 107 Å². The Morgan fingerprint density at radius 2 is 1.24 bits per heavy atom. The fourth-order valence-electron chi connectivity index (χ4n) is 1.47. The van der Waals surface area contributed by atoms with Crippen LogP contribution >= 0.6 is 0 Å². The summed E-state index contributed by atoms with van der Waals surface area (Å²) >= 11 is 0. The summed E-state index contributed by atoms with van der Waals surface area (Å²) in [5.41, 5.74) is 0. The van der Waals surface area contributed by atoms with Gasteiger partial charge in [-0.2, -0.15) is 0 Å². The number of rotatable bonds is 11. The lowest BCUT2D eigenvalue weighted by Gasteiger charge is -1.91. The molecule has 1 heteroatoms. The number of aliphatic hydroxyl groups excluding tert-OH is 1. The van der Waals surface area contributed by atoms with E-state index in [0.29, 0.717) is 6.61 Å². The van der Waals surface area contributed by atoms with Gasteiger partial charge in [-0.05, 0) is 38.5 Å². The summed E-state index contributed by atoms with van der Waals surface area (Å²) in [6.07, 6.45) is 22.4. The van der Waals surface area contributed by atoms with Crippen LogP contribution in [0.1, 0.15) is 58.3 Å². The Hall–Kier alpha value is -0.820. The molecule has 0 rings (SSSR count). The molecule has 0 amide bonds. The van der Waals surface area contributed by atoms with Crippen molar-refractivity contribution in [2.24, 2.45) is 0 Å². The molecule has 17 heavy (non-hydrogen) atoms. The van der Waals surface area contributed by atoms with Crippen molar-refractivity contribution in [3.63, 3.8) is 0 Å². The molecule has 0 heterocycles. The molecular formula is C16H28O. The quantitative estimate of drug-likeness (QED) is 0.311. The van der Waals surface area contributed by atoms with Crippen LogP contribution in [0, 0.1) is 0 Å². The molecule has 0 spiro atoms. The fourth-order valence-corrected chi connectivity index (χ4v) is 1.47. The highest BCUT2D eigenvalue weighted by Gasteiger charge is 1.81. The SMILES string of the molecule is CCCC/C=C\CCC/C=C\C=C/CCCO. The summed E-state index contributed by atoms with van der Waals surface area (Å²) in [7, 11) is 0. The van der Waals surface area contributed by atoms with E-state index in [9.17, 15) is 0 Å². The summed E-state index contributed by atoms with van der Waals surface area (Å²) in [4.78, 5) is 0. The minimum atomic E-state index is 0.290. The lowest BCUT2D eigenvalue weighted by molar-refractivity contribution is 0.289. The van der Waals surface area contributed by atoms with E-state index in [1.54, 1.807) is 0 Å². The third kappa shape index (κ3) is 15.2. The summed E-state index contributed by atoms with van der Waals surface area (Å²) in [5.74, 6) is 0. The third-order valence-corrected chi connectivity index (χ3v) is 2.54. The van der Waals surface area contributed by atoms with E-state index in [0.717, 1.165) is 19.3 Å². The first-order valence-electron chi connectivity index (χ1n) is 6.99. The maximum atomic E-state index is 8.59. The van der Waals surface area contributed by atoms with Crippen LogP contribution in [0.5, 0.6) is 0 Å². The first-order valence-corrected chi connectivity index (χ1v) is 6.99. The maximum Gasteiger partial charge on any atom is 0.0433 e. The van der Waals surface area contributed by atoms with Gasteiger partial charge in [0.25, 0.3) is 0 Å². The highest BCUT2D eigenvalue weighted by atomic mass is 16.2. The summed E-state index contributed by atoms with van der Waals surface area (Å²) < 4.78 is 0. The monoisotopic (exact) mass is 236 g/mol. The van der Waals surface area contributed by atoms with E-state index >= 15 is 0 Å². The second kappa shape index (κ2) is 15.2. The largest absolute Gasteiger partial charge is 0.396 e. The second-order valence-electron chi connectivity index (χ2n) is 4.27. The zero-order chi connectivity index (χ0) is 12.6. The van der Waals surface area contributed by atoms with E-state index in [1.807, 2.05) is 0 Å². The molecule has 1 N–H and O–H groups in total. The van der Waals surface area contributed by atoms with E-state index in [2.05, 4.69) is 43.4 Å². The van der Waals surface area contributed by atoms with Crippen LogP contribution in [0.15, 0.2) is 36.5 Å². The van der Waals surface area contributed by atoms with Crippen LogP contribution in [0.4, 0.5) is 0 Å². The molecular weight excluding hydrogens is 208 g/mol. The molecule has 0 fully saturated rings. The van der Waals surface area contributed by atoms with Crippen LogP contribution in [-0.2, 0) is 0 Å². The standard InChI is InChI=1S/C16H28O/c1-2-3-4-5-6-7-8-9-10-11-12-13-14-15-16-17/h5-6,10-13,17H,2-4,7-9,14-16H2,1H3/b6-5-,11-10-,13-12-. The summed E-state index contributed by atoms with van der Waals surface area (Å²) in [6, 6.07) is 0. The van der Waals surface area contributed by atoms with E-state index in [1.165, 1.54) is 32.1 Å². The molecule has 0 unspecified atom stereocenters. The van der Waals surface area contributed by atoms with Gasteiger partial charge in [-0.1, -0.05) is 56.2 Å². The molecule has 0 aliphatic heterocycles. The molecule has 0 bridgehead atoms. The predicted octanol–water partition coefficient (Wildman–Crippen LogP) is 4.79. The number of hydrogen-bond donors (Lipinski definition) is 1. The predicted molar refractivity (Wildman–Crippen MR) is 77.1 cm³/mol. The molecule has 0 aliphatic rings. The van der Waals surface area contributed by atoms with Gasteiger partial charge in [-0.3, -0.25) is 0 Å². The molecule has 0 aromatic carbocycles. The summed E-state index contributed by atoms with van der Waals surface area (Å²) in [5, 5.41) is 8.59. The van der Waals surface area contributed by atoms with Crippen molar-refractivity contribution in [1.82, 2.24) is 0 Å². The summed E-state index contributed by atoms with van der Waals surface area (Å²) in [6.45, 7) is 2.52. The Morgan fingerprint density at radius 3 is 1.82 bits per heavy atom. The Bertz CT molecular complexity index is 214. The lowest BCUT2D eigenvalue weighted by Crippen LogP contribution is -1.77. The van der Waals surface area contributed by atoms with Crippen LogP contribution in [0.2, 0.25) is 0 Å². The lowest BCUT2D eigenvalue weighted by atomic mass is 10.2. The first-order chi connectivity index (χ1) is 8.41. The van der Waals surface area contributed by atoms with Gasteiger partial charge in [0.15, 0.2) is 0 Å². The molecule has 0 aromatic heterocycles. The van der Waals surface area contributed by atoms with Crippen LogP contribution < -0.4 is 0 Å². The van der Waals surface area contributed by atoms with Crippen molar-refractivity contribution in [3.05, 3.63) is 36.5 Å². The second-order valence-corrected chi connectivity index (χ2v) is 4.27. The third-order valence-electron chi connectivity index (χ3n) is 2.54. The van der Waals surface area contributed by atoms with Crippen molar-refractivity contribution in [2.75, 3.05) is 6.61 Å². The van der Waals surface area contributed by atoms with Crippen molar-refractivity contribution in [3.8, 4) is 0 Å².